The van der Waals surface area contributed by atoms with E-state index >= 15 is 0 Å². The highest BCUT2D eigenvalue weighted by Crippen LogP contribution is 2.29. The zero-order valence-electron chi connectivity index (χ0n) is 18.6. The molecule has 1 N–H and O–H groups in total. The third-order valence-electron chi connectivity index (χ3n) is 6.21. The van der Waals surface area contributed by atoms with Crippen molar-refractivity contribution in [2.75, 3.05) is 6.54 Å². The van der Waals surface area contributed by atoms with Crippen molar-refractivity contribution >= 4 is 28.8 Å². The van der Waals surface area contributed by atoms with E-state index in [2.05, 4.69) is 42.7 Å². The molecule has 0 bridgehead atoms. The van der Waals surface area contributed by atoms with Crippen LogP contribution >= 0.6 is 0 Å². The molecule has 0 aliphatic carbocycles. The summed E-state index contributed by atoms with van der Waals surface area (Å²) < 4.78 is 3.98. The van der Waals surface area contributed by atoms with Crippen LogP contribution < -0.4 is 10.6 Å². The van der Waals surface area contributed by atoms with Crippen LogP contribution in [0.15, 0.2) is 54.2 Å². The van der Waals surface area contributed by atoms with Gasteiger partial charge in [-0.25, -0.2) is 4.98 Å². The topological polar surface area (TPSA) is 89.6 Å². The molecule has 0 spiro atoms. The van der Waals surface area contributed by atoms with E-state index in [-0.39, 0.29) is 0 Å². The van der Waals surface area contributed by atoms with Crippen molar-refractivity contribution in [2.45, 2.75) is 6.92 Å². The van der Waals surface area contributed by atoms with Crippen LogP contribution in [0, 0.1) is 6.92 Å². The molecule has 0 saturated heterocycles. The summed E-state index contributed by atoms with van der Waals surface area (Å²) in [5.74, 6) is 0.951. The van der Waals surface area contributed by atoms with Crippen LogP contribution in [0.3, 0.4) is 0 Å². The van der Waals surface area contributed by atoms with E-state index in [4.69, 9.17) is 10.1 Å². The van der Waals surface area contributed by atoms with Crippen LogP contribution in [-0.4, -0.2) is 46.5 Å². The molecule has 5 aromatic rings. The van der Waals surface area contributed by atoms with Gasteiger partial charge in [-0.1, -0.05) is 6.07 Å². The molecule has 33 heavy (non-hydrogen) atoms. The first-order valence-corrected chi connectivity index (χ1v) is 10.8. The van der Waals surface area contributed by atoms with Gasteiger partial charge in [-0.2, -0.15) is 5.10 Å². The minimum Gasteiger partial charge on any atom is -0.352 e. The lowest BCUT2D eigenvalue weighted by Gasteiger charge is -2.03. The average Bonchev–Trinajstić information content (AvgIpc) is 3.44. The van der Waals surface area contributed by atoms with Crippen LogP contribution in [0.4, 0.5) is 0 Å². The highest BCUT2D eigenvalue weighted by atomic mass is 15.3. The number of imidazole rings is 1. The van der Waals surface area contributed by atoms with Gasteiger partial charge in [-0.3, -0.25) is 19.6 Å². The molecule has 8 nitrogen and oxygen atoms in total. The van der Waals surface area contributed by atoms with E-state index in [0.717, 1.165) is 61.2 Å². The fraction of sp³-hybridized carbons (Fsp3) is 0.160. The number of nitrogens with zero attached hydrogens (tertiary/aromatic N) is 7. The van der Waals surface area contributed by atoms with Crippen molar-refractivity contribution in [3.05, 3.63) is 71.3 Å². The maximum atomic E-state index is 4.87. The van der Waals surface area contributed by atoms with Crippen molar-refractivity contribution in [2.24, 2.45) is 19.1 Å². The fourth-order valence-electron chi connectivity index (χ4n) is 4.38. The number of aryl methyl sites for hydroxylation is 2. The van der Waals surface area contributed by atoms with Gasteiger partial charge in [-0.05, 0) is 31.2 Å². The van der Waals surface area contributed by atoms with Crippen molar-refractivity contribution < 1.29 is 0 Å². The lowest BCUT2D eigenvalue weighted by atomic mass is 10.1. The lowest BCUT2D eigenvalue weighted by Crippen LogP contribution is -2.29. The Morgan fingerprint density at radius 1 is 1.06 bits per heavy atom. The molecule has 0 fully saturated rings. The van der Waals surface area contributed by atoms with Gasteiger partial charge < -0.3 is 9.55 Å². The third-order valence-corrected chi connectivity index (χ3v) is 6.21. The molecule has 0 saturated carbocycles. The first-order valence-electron chi connectivity index (χ1n) is 10.8. The van der Waals surface area contributed by atoms with Gasteiger partial charge in [0.2, 0.25) is 0 Å². The quantitative estimate of drug-likeness (QED) is 0.471. The number of H-pyrrole nitrogens is 1. The van der Waals surface area contributed by atoms with Gasteiger partial charge in [0.25, 0.3) is 0 Å². The summed E-state index contributed by atoms with van der Waals surface area (Å²) in [6, 6.07) is 6.13. The molecule has 6 heterocycles. The maximum absolute atomic E-state index is 4.87. The molecule has 0 atom stereocenters. The molecule has 5 aromatic heterocycles. The van der Waals surface area contributed by atoms with Gasteiger partial charge in [0.05, 0.1) is 46.9 Å². The normalized spacial score (nSPS) is 13.2. The van der Waals surface area contributed by atoms with Gasteiger partial charge in [0.1, 0.15) is 11.5 Å². The minimum absolute atomic E-state index is 0.587. The Kier molecular flexibility index (Phi) is 4.33. The minimum atomic E-state index is 0.587. The molecule has 1 aliphatic rings. The summed E-state index contributed by atoms with van der Waals surface area (Å²) in [5.41, 5.74) is 6.73. The van der Waals surface area contributed by atoms with Gasteiger partial charge in [-0.15, -0.1) is 0 Å². The first kappa shape index (κ1) is 19.4. The smallest absolute Gasteiger partial charge is 0.116 e. The second-order valence-corrected chi connectivity index (χ2v) is 8.17. The molecule has 162 valence electrons. The zero-order valence-corrected chi connectivity index (χ0v) is 18.6. The number of hydrogen-bond donors (Lipinski definition) is 1. The van der Waals surface area contributed by atoms with E-state index in [9.17, 15) is 0 Å². The van der Waals surface area contributed by atoms with Crippen molar-refractivity contribution in [3.63, 3.8) is 0 Å². The summed E-state index contributed by atoms with van der Waals surface area (Å²) in [7, 11) is 3.98. The average molecular weight is 435 g/mol. The van der Waals surface area contributed by atoms with Crippen molar-refractivity contribution in [3.8, 4) is 22.5 Å². The van der Waals surface area contributed by atoms with Crippen LogP contribution in [0.25, 0.3) is 45.6 Å². The molecule has 0 radical (unpaired) electrons. The number of fused-ring (bicyclic) bond motifs is 2. The van der Waals surface area contributed by atoms with E-state index in [0.29, 0.717) is 6.54 Å². The van der Waals surface area contributed by atoms with Crippen molar-refractivity contribution in [1.29, 1.82) is 0 Å². The standard InChI is InChI=1S/C25H22N8/c1-15-29-14-24(32(15)2)20-10-18-23(6-8-28-20)33(3)31-25(18)21-9-17-19(12-27-13-22(17)30-21)16-5-4-7-26-11-16/h4-7,9-14,30H,8H2,1-3H3. The van der Waals surface area contributed by atoms with Crippen LogP contribution in [0.2, 0.25) is 0 Å². The van der Waals surface area contributed by atoms with Gasteiger partial charge in [0, 0.05) is 54.4 Å². The predicted octanol–water partition coefficient (Wildman–Crippen LogP) is 2.13. The zero-order chi connectivity index (χ0) is 22.5. The fourth-order valence-corrected chi connectivity index (χ4v) is 4.38. The second-order valence-electron chi connectivity index (χ2n) is 8.17. The molecule has 0 unspecified atom stereocenters. The van der Waals surface area contributed by atoms with E-state index < -0.39 is 0 Å². The van der Waals surface area contributed by atoms with E-state index in [1.165, 1.54) is 0 Å². The van der Waals surface area contributed by atoms with Crippen LogP contribution in [-0.2, 0) is 14.1 Å². The van der Waals surface area contributed by atoms with Gasteiger partial charge in [0.15, 0.2) is 0 Å². The molecule has 6 rings (SSSR count). The SMILES string of the molecule is Cc1ncc(C2=NCC=c3c(c(-c4cc5c(-c6cccnc6)cncc5[nH]4)nn3C)=C2)n1C. The summed E-state index contributed by atoms with van der Waals surface area (Å²) in [6.45, 7) is 2.58. The second kappa shape index (κ2) is 7.37. The summed E-state index contributed by atoms with van der Waals surface area (Å²) in [4.78, 5) is 21.5. The number of pyridine rings is 2. The van der Waals surface area contributed by atoms with Gasteiger partial charge >= 0.3 is 0 Å². The van der Waals surface area contributed by atoms with E-state index in [1.807, 2.05) is 62.6 Å². The summed E-state index contributed by atoms with van der Waals surface area (Å²) in [6.07, 6.45) is 13.5. The molecular formula is C25H22N8. The number of aromatic nitrogens is 7. The monoisotopic (exact) mass is 434 g/mol. The maximum Gasteiger partial charge on any atom is 0.116 e. The highest BCUT2D eigenvalue weighted by Gasteiger charge is 2.16. The predicted molar refractivity (Wildman–Crippen MR) is 129 cm³/mol. The van der Waals surface area contributed by atoms with Crippen molar-refractivity contribution in [1.82, 2.24) is 34.3 Å². The Hall–Kier alpha value is -4.33. The molecule has 0 aromatic carbocycles. The van der Waals surface area contributed by atoms with Crippen LogP contribution in [0.5, 0.6) is 0 Å². The number of aliphatic imine (C=N–C) groups is 1. The largest absolute Gasteiger partial charge is 0.352 e. The Bertz CT molecular complexity index is 1660. The summed E-state index contributed by atoms with van der Waals surface area (Å²) in [5, 5.41) is 8.04. The Labute approximate surface area is 189 Å². The Morgan fingerprint density at radius 2 is 1.97 bits per heavy atom. The number of rotatable bonds is 3. The first-order chi connectivity index (χ1) is 16.1. The lowest BCUT2D eigenvalue weighted by molar-refractivity contribution is 0.744. The van der Waals surface area contributed by atoms with Crippen LogP contribution in [0.1, 0.15) is 11.5 Å². The van der Waals surface area contributed by atoms with E-state index in [1.54, 1.807) is 6.20 Å². The number of hydrogen-bond acceptors (Lipinski definition) is 5. The molecule has 1 aliphatic heterocycles. The third kappa shape index (κ3) is 3.10. The Morgan fingerprint density at radius 3 is 2.76 bits per heavy atom. The number of nitrogens with one attached hydrogen (secondary N) is 1. The molecule has 8 heteroatoms. The number of aromatic amines is 1. The summed E-state index contributed by atoms with van der Waals surface area (Å²) >= 11 is 0. The highest BCUT2D eigenvalue weighted by molar-refractivity contribution is 6.20. The Balaban J connectivity index is 1.56. The molecule has 0 amide bonds. The molecular weight excluding hydrogens is 412 g/mol.